The largest absolute Gasteiger partial charge is 0.465 e. The van der Waals surface area contributed by atoms with Crippen LogP contribution in [0.3, 0.4) is 0 Å². The van der Waals surface area contributed by atoms with E-state index in [9.17, 15) is 24.3 Å². The Balaban J connectivity index is -0.00000216. The Bertz CT molecular complexity index is 2000. The molecule has 0 aromatic heterocycles. The van der Waals surface area contributed by atoms with E-state index < -0.39 is 0 Å². The molecule has 0 fully saturated rings. The number of rotatable bonds is 103. The first-order valence-electron chi connectivity index (χ1n) is 56.9. The van der Waals surface area contributed by atoms with Crippen molar-refractivity contribution in [3.05, 3.63) is 0 Å². The number of hydrogen-bond donors (Lipinski definition) is 3. The summed E-state index contributed by atoms with van der Waals surface area (Å²) < 4.78 is 23.4. The zero-order valence-corrected chi connectivity index (χ0v) is 87.4. The van der Waals surface area contributed by atoms with Crippen molar-refractivity contribution in [2.75, 3.05) is 106 Å². The van der Waals surface area contributed by atoms with Crippen LogP contribution >= 0.6 is 0 Å². The molecule has 0 aliphatic carbocycles. The van der Waals surface area contributed by atoms with E-state index >= 15 is 0 Å². The molecule has 0 rings (SSSR count). The van der Waals surface area contributed by atoms with Gasteiger partial charge in [-0.15, -0.1) is 0 Å². The summed E-state index contributed by atoms with van der Waals surface area (Å²) in [5.41, 5.74) is 0. The Morgan fingerprint density at radius 1 is 0.189 bits per heavy atom. The fraction of sp³-hybridized carbons (Fsp3) is 0.965. The summed E-state index contributed by atoms with van der Waals surface area (Å²) in [5.74, 6) is 2.00. The number of ether oxygens (including phenoxy) is 4. The number of nitrogens with zero attached hydrogens (tertiary/aromatic N) is 3. The predicted octanol–water partition coefficient (Wildman–Crippen LogP) is 32.5. The van der Waals surface area contributed by atoms with Crippen molar-refractivity contribution in [1.82, 2.24) is 14.7 Å². The molecular formula is C113H227N3O11. The van der Waals surface area contributed by atoms with Gasteiger partial charge < -0.3 is 49.0 Å². The van der Waals surface area contributed by atoms with Crippen LogP contribution in [0.15, 0.2) is 0 Å². The molecule has 0 radical (unpaired) electrons. The van der Waals surface area contributed by atoms with Crippen molar-refractivity contribution < 1.29 is 53.4 Å². The summed E-state index contributed by atoms with van der Waals surface area (Å²) in [4.78, 5) is 58.2. The molecule has 127 heavy (non-hydrogen) atoms. The topological polar surface area (TPSA) is 176 Å². The quantitative estimate of drug-likeness (QED) is 0.0298. The zero-order valence-electron chi connectivity index (χ0n) is 87.4. The monoisotopic (exact) mass is 1800 g/mol. The molecule has 0 amide bonds. The first-order chi connectivity index (χ1) is 62.3. The second-order valence-electron chi connectivity index (χ2n) is 39.5. The SMILES string of the molecule is CCCCCCCCC(CCCCCC)COC(=O)CCCCCN(CCCCCC(=O)OCC(CCCCCC)CCCCCCCC)CCN(C)CCCCCCCCCO.CCCCCCCCC(CCCCCC)COC(=O)CCCCCN(CCO)CCCCCC(=O)OCC(CCCCCC)CCCCCCCC.CCCCCCCCCCCO. The molecule has 4 atom stereocenters. The smallest absolute Gasteiger partial charge is 0.305 e. The molecule has 0 saturated heterocycles. The van der Waals surface area contributed by atoms with E-state index in [1.807, 2.05) is 0 Å². The third-order valence-corrected chi connectivity index (χ3v) is 26.7. The van der Waals surface area contributed by atoms with E-state index in [1.54, 1.807) is 0 Å². The lowest BCUT2D eigenvalue weighted by atomic mass is 9.95. The van der Waals surface area contributed by atoms with Gasteiger partial charge in [0.2, 0.25) is 0 Å². The number of likely N-dealkylation sites (N-methyl/N-ethyl adjacent to an activating group) is 1. The molecule has 0 saturated carbocycles. The lowest BCUT2D eigenvalue weighted by Crippen LogP contribution is -2.35. The minimum absolute atomic E-state index is 0.000953. The van der Waals surface area contributed by atoms with E-state index in [0.717, 1.165) is 142 Å². The molecule has 0 heterocycles. The average Bonchev–Trinajstić information content (AvgIpc) is 0.990. The molecule has 0 spiro atoms. The fourth-order valence-corrected chi connectivity index (χ4v) is 17.8. The Morgan fingerprint density at radius 3 is 0.575 bits per heavy atom. The Labute approximate surface area is 792 Å². The van der Waals surface area contributed by atoms with Gasteiger partial charge in [0, 0.05) is 58.5 Å². The number of carbonyl (C=O) groups is 4. The number of hydrogen-bond acceptors (Lipinski definition) is 14. The lowest BCUT2D eigenvalue weighted by molar-refractivity contribution is -0.146. The number of carbonyl (C=O) groups excluding carboxylic acids is 4. The fourth-order valence-electron chi connectivity index (χ4n) is 17.8. The summed E-state index contributed by atoms with van der Waals surface area (Å²) in [7, 11) is 2.27. The number of unbranched alkanes of at least 4 members (excludes halogenated alkanes) is 54. The summed E-state index contributed by atoms with van der Waals surface area (Å²) in [6.07, 6.45) is 95.9. The number of esters is 4. The van der Waals surface area contributed by atoms with Crippen LogP contribution < -0.4 is 0 Å². The van der Waals surface area contributed by atoms with Gasteiger partial charge >= 0.3 is 23.9 Å². The molecule has 0 aromatic rings. The highest BCUT2D eigenvalue weighted by molar-refractivity contribution is 5.70. The molecule has 4 unspecified atom stereocenters. The van der Waals surface area contributed by atoms with Crippen molar-refractivity contribution in [3.8, 4) is 0 Å². The minimum Gasteiger partial charge on any atom is -0.465 e. The molecule has 760 valence electrons. The standard InChI is InChI=1S/C56H112N2O5.C46H91NO5.C11H24O/c1-6-10-14-18-23-31-41-53(39-29-16-12-8-3)51-62-55(60)43-33-27-36-46-58(49-48-57(5)45-35-25-21-20-22-26-38-50-59)47-37-28-34-44-56(61)63-52-54(40-30-17-13-9-4)42-32-24-19-15-11-7-2;1-5-9-13-17-19-25-33-43(31-23-15-11-7-3)41-51-45(49)35-27-21-29-37-47(39-40-48)38-30-22-28-36-46(50)52-42-44(32-24-16-12-8-4)34-26-20-18-14-10-6-2;1-2-3-4-5-6-7-8-9-10-11-12/h53-54,59H,6-52H2,1-5H3;43-44,48H,5-42H2,1-4H3;12H,2-11H2,1H3. The van der Waals surface area contributed by atoms with Crippen LogP contribution in [-0.2, 0) is 38.1 Å². The number of aliphatic hydroxyl groups excluding tert-OH is 3. The van der Waals surface area contributed by atoms with Crippen LogP contribution in [0.5, 0.6) is 0 Å². The Morgan fingerprint density at radius 2 is 0.362 bits per heavy atom. The van der Waals surface area contributed by atoms with Crippen LogP contribution in [0.1, 0.15) is 576 Å². The lowest BCUT2D eigenvalue weighted by Gasteiger charge is -2.25. The van der Waals surface area contributed by atoms with Gasteiger partial charge in [-0.05, 0) is 185 Å². The summed E-state index contributed by atoms with van der Waals surface area (Å²) in [6, 6.07) is 0. The van der Waals surface area contributed by atoms with Crippen molar-refractivity contribution >= 4 is 23.9 Å². The normalized spacial score (nSPS) is 12.5. The molecule has 14 heteroatoms. The first kappa shape index (κ1) is 129. The van der Waals surface area contributed by atoms with Gasteiger partial charge in [-0.3, -0.25) is 19.2 Å². The van der Waals surface area contributed by atoms with Crippen LogP contribution in [0.2, 0.25) is 0 Å². The highest BCUT2D eigenvalue weighted by atomic mass is 16.5. The Hall–Kier alpha value is -2.36. The van der Waals surface area contributed by atoms with E-state index in [2.05, 4.69) is 84.1 Å². The minimum atomic E-state index is -0.0347. The Kier molecular flexibility index (Phi) is 112. The summed E-state index contributed by atoms with van der Waals surface area (Å²) in [5, 5.41) is 27.1. The molecule has 0 aliphatic heterocycles. The molecule has 3 N–H and O–H groups in total. The highest BCUT2D eigenvalue weighted by Crippen LogP contribution is 2.26. The molecular weight excluding hydrogens is 1580 g/mol. The van der Waals surface area contributed by atoms with Gasteiger partial charge in [-0.2, -0.15) is 0 Å². The predicted molar refractivity (Wildman–Crippen MR) is 550 cm³/mol. The number of aliphatic hydroxyl groups is 3. The summed E-state index contributed by atoms with van der Waals surface area (Å²) in [6.45, 7) is 31.6. The van der Waals surface area contributed by atoms with Crippen molar-refractivity contribution in [2.45, 2.75) is 576 Å². The second kappa shape index (κ2) is 111. The van der Waals surface area contributed by atoms with E-state index in [0.29, 0.717) is 95.5 Å². The maximum absolute atomic E-state index is 12.8. The third kappa shape index (κ3) is 104. The van der Waals surface area contributed by atoms with Gasteiger partial charge in [0.1, 0.15) is 0 Å². The average molecular weight is 1800 g/mol. The van der Waals surface area contributed by atoms with E-state index in [1.165, 1.54) is 392 Å². The van der Waals surface area contributed by atoms with Gasteiger partial charge in [0.15, 0.2) is 0 Å². The molecule has 0 aromatic carbocycles. The van der Waals surface area contributed by atoms with Gasteiger partial charge in [-0.1, -0.05) is 428 Å². The maximum atomic E-state index is 12.8. The zero-order chi connectivity index (χ0) is 93.4. The van der Waals surface area contributed by atoms with E-state index in [-0.39, 0.29) is 30.5 Å². The van der Waals surface area contributed by atoms with Crippen molar-refractivity contribution in [3.63, 3.8) is 0 Å². The first-order valence-corrected chi connectivity index (χ1v) is 56.9. The van der Waals surface area contributed by atoms with Crippen LogP contribution in [0, 0.1) is 23.7 Å². The van der Waals surface area contributed by atoms with Crippen LogP contribution in [0.4, 0.5) is 0 Å². The van der Waals surface area contributed by atoms with Gasteiger partial charge in [0.05, 0.1) is 33.0 Å². The van der Waals surface area contributed by atoms with Crippen molar-refractivity contribution in [2.24, 2.45) is 23.7 Å². The highest BCUT2D eigenvalue weighted by Gasteiger charge is 2.19. The van der Waals surface area contributed by atoms with Gasteiger partial charge in [0.25, 0.3) is 0 Å². The van der Waals surface area contributed by atoms with Crippen LogP contribution in [0.25, 0.3) is 0 Å². The summed E-state index contributed by atoms with van der Waals surface area (Å²) >= 11 is 0. The molecule has 0 aliphatic rings. The molecule has 14 nitrogen and oxygen atoms in total. The van der Waals surface area contributed by atoms with Crippen LogP contribution in [-0.4, -0.2) is 160 Å². The van der Waals surface area contributed by atoms with Crippen molar-refractivity contribution in [1.29, 1.82) is 0 Å². The second-order valence-corrected chi connectivity index (χ2v) is 39.5. The maximum Gasteiger partial charge on any atom is 0.305 e. The molecule has 0 bridgehead atoms. The van der Waals surface area contributed by atoms with Gasteiger partial charge in [-0.25, -0.2) is 0 Å². The third-order valence-electron chi connectivity index (χ3n) is 26.7. The van der Waals surface area contributed by atoms with E-state index in [4.69, 9.17) is 29.2 Å².